The van der Waals surface area contributed by atoms with Gasteiger partial charge in [-0.3, -0.25) is 9.80 Å². The topological polar surface area (TPSA) is 81.1 Å². The number of benzene rings is 1. The summed E-state index contributed by atoms with van der Waals surface area (Å²) < 4.78 is 0. The van der Waals surface area contributed by atoms with Gasteiger partial charge in [-0.25, -0.2) is 9.80 Å². The van der Waals surface area contributed by atoms with E-state index in [1.54, 1.807) is 29.3 Å². The molecule has 1 saturated heterocycles. The molecule has 0 aliphatic carbocycles. The minimum Gasteiger partial charge on any atom is -0.478 e. The molecular weight excluding hydrogens is 320 g/mol. The first-order valence-electron chi connectivity index (χ1n) is 8.99. The third kappa shape index (κ3) is 5.28. The molecule has 25 heavy (non-hydrogen) atoms. The van der Waals surface area contributed by atoms with E-state index in [0.717, 1.165) is 18.4 Å². The number of hydrogen-bond acceptors (Lipinski definition) is 4. The van der Waals surface area contributed by atoms with Crippen LogP contribution in [0.3, 0.4) is 0 Å². The molecule has 1 aromatic rings. The van der Waals surface area contributed by atoms with E-state index in [1.807, 2.05) is 6.92 Å². The van der Waals surface area contributed by atoms with Crippen LogP contribution in [0.1, 0.15) is 55.5 Å². The molecule has 0 spiro atoms. The van der Waals surface area contributed by atoms with E-state index in [2.05, 4.69) is 11.9 Å². The molecule has 1 aromatic carbocycles. The number of carbonyl (C=O) groups excluding carboxylic acids is 1. The zero-order valence-electron chi connectivity index (χ0n) is 15.0. The SMILES string of the molecule is CCC[C@H](O)CC(C)N1CCC(=O)N1CCc1ccc(C(=O)O)cc1. The lowest BCUT2D eigenvalue weighted by Gasteiger charge is -2.34. The second-order valence-corrected chi connectivity index (χ2v) is 6.71. The number of aliphatic hydroxyl groups excluding tert-OH is 1. The molecule has 2 N–H and O–H groups in total. The largest absolute Gasteiger partial charge is 0.478 e. The standard InChI is InChI=1S/C19H28N2O4/c1-3-4-17(22)13-14(2)20-12-10-18(23)21(20)11-9-15-5-7-16(8-6-15)19(24)25/h5-8,14,17,22H,3-4,9-13H2,1-2H3,(H,24,25)/t14?,17-/m0/s1. The molecule has 1 unspecified atom stereocenters. The van der Waals surface area contributed by atoms with Crippen LogP contribution < -0.4 is 0 Å². The lowest BCUT2D eigenvalue weighted by atomic mass is 10.1. The van der Waals surface area contributed by atoms with Crippen molar-refractivity contribution < 1.29 is 19.8 Å². The van der Waals surface area contributed by atoms with Gasteiger partial charge in [0.25, 0.3) is 0 Å². The molecule has 1 amide bonds. The molecule has 0 aromatic heterocycles. The van der Waals surface area contributed by atoms with E-state index in [9.17, 15) is 14.7 Å². The summed E-state index contributed by atoms with van der Waals surface area (Å²) in [5.41, 5.74) is 1.27. The Hall–Kier alpha value is -1.92. The smallest absolute Gasteiger partial charge is 0.335 e. The molecular formula is C19H28N2O4. The first-order chi connectivity index (χ1) is 11.9. The second-order valence-electron chi connectivity index (χ2n) is 6.71. The third-order valence-corrected chi connectivity index (χ3v) is 4.71. The van der Waals surface area contributed by atoms with Crippen LogP contribution in [-0.2, 0) is 11.2 Å². The monoisotopic (exact) mass is 348 g/mol. The summed E-state index contributed by atoms with van der Waals surface area (Å²) in [5, 5.41) is 22.8. The van der Waals surface area contributed by atoms with E-state index in [4.69, 9.17) is 5.11 Å². The van der Waals surface area contributed by atoms with E-state index in [1.165, 1.54) is 0 Å². The van der Waals surface area contributed by atoms with E-state index < -0.39 is 5.97 Å². The van der Waals surface area contributed by atoms with Crippen molar-refractivity contribution in [1.82, 2.24) is 10.0 Å². The number of carboxylic acid groups (broad SMARTS) is 1. The maximum Gasteiger partial charge on any atom is 0.335 e. The Kier molecular flexibility index (Phi) is 6.96. The second kappa shape index (κ2) is 8.97. The average molecular weight is 348 g/mol. The van der Waals surface area contributed by atoms with Gasteiger partial charge < -0.3 is 10.2 Å². The van der Waals surface area contributed by atoms with Crippen LogP contribution in [0.5, 0.6) is 0 Å². The molecule has 1 heterocycles. The van der Waals surface area contributed by atoms with Crippen LogP contribution in [0.15, 0.2) is 24.3 Å². The number of carboxylic acids is 1. The lowest BCUT2D eigenvalue weighted by Crippen LogP contribution is -2.46. The molecule has 6 heteroatoms. The van der Waals surface area contributed by atoms with E-state index in [0.29, 0.717) is 32.4 Å². The van der Waals surface area contributed by atoms with Gasteiger partial charge >= 0.3 is 5.97 Å². The number of hydrazine groups is 1. The minimum atomic E-state index is -0.938. The van der Waals surface area contributed by atoms with Crippen molar-refractivity contribution in [1.29, 1.82) is 0 Å². The van der Waals surface area contributed by atoms with Crippen LogP contribution in [0, 0.1) is 0 Å². The Bertz CT molecular complexity index is 588. The molecule has 0 saturated carbocycles. The van der Waals surface area contributed by atoms with Crippen LogP contribution in [0.2, 0.25) is 0 Å². The highest BCUT2D eigenvalue weighted by Gasteiger charge is 2.32. The Morgan fingerprint density at radius 2 is 1.96 bits per heavy atom. The fourth-order valence-electron chi connectivity index (χ4n) is 3.33. The van der Waals surface area contributed by atoms with Crippen molar-refractivity contribution in [2.24, 2.45) is 0 Å². The summed E-state index contributed by atoms with van der Waals surface area (Å²) >= 11 is 0. The maximum atomic E-state index is 12.2. The van der Waals surface area contributed by atoms with Crippen molar-refractivity contribution >= 4 is 11.9 Å². The number of carbonyl (C=O) groups is 2. The number of rotatable bonds is 9. The van der Waals surface area contributed by atoms with Gasteiger partial charge in [0, 0.05) is 25.6 Å². The number of aromatic carboxylic acids is 1. The zero-order valence-corrected chi connectivity index (χ0v) is 15.0. The third-order valence-electron chi connectivity index (χ3n) is 4.71. The summed E-state index contributed by atoms with van der Waals surface area (Å²) in [5.74, 6) is -0.828. The maximum absolute atomic E-state index is 12.2. The van der Waals surface area contributed by atoms with Gasteiger partial charge in [0.05, 0.1) is 11.7 Å². The Morgan fingerprint density at radius 3 is 2.56 bits per heavy atom. The van der Waals surface area contributed by atoms with Gasteiger partial charge in [-0.05, 0) is 43.9 Å². The zero-order chi connectivity index (χ0) is 18.4. The van der Waals surface area contributed by atoms with Gasteiger partial charge in [0.2, 0.25) is 5.91 Å². The molecule has 6 nitrogen and oxygen atoms in total. The summed E-state index contributed by atoms with van der Waals surface area (Å²) in [6.07, 6.45) is 3.23. The fraction of sp³-hybridized carbons (Fsp3) is 0.579. The van der Waals surface area contributed by atoms with Crippen LogP contribution in [0.4, 0.5) is 0 Å². The quantitative estimate of drug-likeness (QED) is 0.716. The average Bonchev–Trinajstić information content (AvgIpc) is 2.94. The van der Waals surface area contributed by atoms with Crippen LogP contribution >= 0.6 is 0 Å². The Morgan fingerprint density at radius 1 is 1.28 bits per heavy atom. The van der Waals surface area contributed by atoms with Gasteiger partial charge in [0.1, 0.15) is 0 Å². The minimum absolute atomic E-state index is 0.110. The molecule has 1 fully saturated rings. The molecule has 0 radical (unpaired) electrons. The van der Waals surface area contributed by atoms with Crippen LogP contribution in [-0.4, -0.2) is 57.3 Å². The number of hydrogen-bond donors (Lipinski definition) is 2. The molecule has 2 rings (SSSR count). The normalized spacial score (nSPS) is 17.7. The van der Waals surface area contributed by atoms with E-state index >= 15 is 0 Å². The van der Waals surface area contributed by atoms with Crippen molar-refractivity contribution in [2.45, 2.75) is 58.1 Å². The van der Waals surface area contributed by atoms with Gasteiger partial charge in [-0.1, -0.05) is 25.5 Å². The van der Waals surface area contributed by atoms with E-state index in [-0.39, 0.29) is 23.6 Å². The molecule has 0 bridgehead atoms. The highest BCUT2D eigenvalue weighted by Crippen LogP contribution is 2.20. The number of aliphatic hydroxyl groups is 1. The summed E-state index contributed by atoms with van der Waals surface area (Å²) in [4.78, 5) is 23.1. The summed E-state index contributed by atoms with van der Waals surface area (Å²) in [6, 6.07) is 6.88. The lowest BCUT2D eigenvalue weighted by molar-refractivity contribution is -0.141. The molecule has 1 aliphatic rings. The number of nitrogens with zero attached hydrogens (tertiary/aromatic N) is 2. The highest BCUT2D eigenvalue weighted by atomic mass is 16.4. The molecule has 2 atom stereocenters. The Balaban J connectivity index is 1.93. The summed E-state index contributed by atoms with van der Waals surface area (Å²) in [6.45, 7) is 5.36. The van der Waals surface area contributed by atoms with Crippen molar-refractivity contribution in [3.63, 3.8) is 0 Å². The fourth-order valence-corrected chi connectivity index (χ4v) is 3.33. The summed E-state index contributed by atoms with van der Waals surface area (Å²) in [7, 11) is 0. The van der Waals surface area contributed by atoms with Crippen molar-refractivity contribution in [3.8, 4) is 0 Å². The predicted molar refractivity (Wildman–Crippen MR) is 95.1 cm³/mol. The van der Waals surface area contributed by atoms with Crippen LogP contribution in [0.25, 0.3) is 0 Å². The van der Waals surface area contributed by atoms with Gasteiger partial charge in [0.15, 0.2) is 0 Å². The van der Waals surface area contributed by atoms with Crippen molar-refractivity contribution in [2.75, 3.05) is 13.1 Å². The first kappa shape index (κ1) is 19.4. The Labute approximate surface area is 149 Å². The van der Waals surface area contributed by atoms with Crippen molar-refractivity contribution in [3.05, 3.63) is 35.4 Å². The molecule has 1 aliphatic heterocycles. The number of amides is 1. The predicted octanol–water partition coefficient (Wildman–Crippen LogP) is 2.32. The van der Waals surface area contributed by atoms with Gasteiger partial charge in [-0.2, -0.15) is 0 Å². The highest BCUT2D eigenvalue weighted by molar-refractivity contribution is 5.87. The van der Waals surface area contributed by atoms with Gasteiger partial charge in [-0.15, -0.1) is 0 Å². The first-order valence-corrected chi connectivity index (χ1v) is 8.99. The molecule has 138 valence electrons.